The van der Waals surface area contributed by atoms with E-state index in [9.17, 15) is 25.2 Å². The van der Waals surface area contributed by atoms with Gasteiger partial charge in [-0.05, 0) is 55.5 Å². The molecule has 5 nitrogen and oxygen atoms in total. The molecule has 1 saturated carbocycles. The first kappa shape index (κ1) is 23.1. The van der Waals surface area contributed by atoms with Crippen molar-refractivity contribution in [1.82, 2.24) is 0 Å². The van der Waals surface area contributed by atoms with E-state index in [1.54, 1.807) is 25.1 Å². The van der Waals surface area contributed by atoms with Gasteiger partial charge in [0.2, 0.25) is 0 Å². The molecule has 0 bridgehead atoms. The number of hydrogen-bond acceptors (Lipinski definition) is 5. The Labute approximate surface area is 175 Å². The van der Waals surface area contributed by atoms with Crippen LogP contribution in [0.4, 0.5) is 0 Å². The lowest BCUT2D eigenvalue weighted by Gasteiger charge is -2.36. The van der Waals surface area contributed by atoms with Crippen LogP contribution in [-0.2, 0) is 4.79 Å². The molecule has 5 atom stereocenters. The average molecular weight is 429 g/mol. The molecule has 0 aromatic carbocycles. The van der Waals surface area contributed by atoms with Crippen molar-refractivity contribution < 1.29 is 25.2 Å². The topological polar surface area (TPSA) is 98.0 Å². The predicted molar refractivity (Wildman–Crippen MR) is 112 cm³/mol. The second-order valence-corrected chi connectivity index (χ2v) is 8.62. The monoisotopic (exact) mass is 428 g/mol. The summed E-state index contributed by atoms with van der Waals surface area (Å²) in [5.74, 6) is -2.35. The number of carbonyl (C=O) groups is 1. The van der Waals surface area contributed by atoms with Crippen molar-refractivity contribution >= 4 is 34.5 Å². The number of aliphatic hydroxyl groups excluding tert-OH is 2. The van der Waals surface area contributed by atoms with Gasteiger partial charge in [-0.15, -0.1) is 11.3 Å². The van der Waals surface area contributed by atoms with E-state index in [1.165, 1.54) is 11.3 Å². The van der Waals surface area contributed by atoms with Gasteiger partial charge >= 0.3 is 5.97 Å². The minimum absolute atomic E-state index is 0.0629. The van der Waals surface area contributed by atoms with Crippen LogP contribution >= 0.6 is 22.9 Å². The summed E-state index contributed by atoms with van der Waals surface area (Å²) in [6.07, 6.45) is 5.54. The van der Waals surface area contributed by atoms with Crippen LogP contribution < -0.4 is 0 Å². The van der Waals surface area contributed by atoms with Crippen molar-refractivity contribution in [1.29, 1.82) is 0 Å². The molecular formula is C21H29ClO5S. The van der Waals surface area contributed by atoms with Crippen LogP contribution in [0.15, 0.2) is 29.7 Å². The van der Waals surface area contributed by atoms with Gasteiger partial charge in [0.15, 0.2) is 5.60 Å². The van der Waals surface area contributed by atoms with E-state index in [1.807, 2.05) is 18.4 Å². The second-order valence-electron chi connectivity index (χ2n) is 7.30. The van der Waals surface area contributed by atoms with Crippen LogP contribution in [0.5, 0.6) is 0 Å². The SMILES string of the molecule is C/C=C\C[C@@H](O)C(O)(C(=O)O)C1CCC[C@H]1/C=C(/c1sccc1Cl)C(O)CC. The number of allylic oxidation sites excluding steroid dienone is 2. The van der Waals surface area contributed by atoms with E-state index in [4.69, 9.17) is 11.6 Å². The summed E-state index contributed by atoms with van der Waals surface area (Å²) >= 11 is 7.69. The molecule has 4 N–H and O–H groups in total. The van der Waals surface area contributed by atoms with Gasteiger partial charge in [-0.2, -0.15) is 0 Å². The number of carboxylic acids is 1. The highest BCUT2D eigenvalue weighted by atomic mass is 35.5. The lowest BCUT2D eigenvalue weighted by atomic mass is 9.74. The molecule has 2 rings (SSSR count). The molecular weight excluding hydrogens is 400 g/mol. The molecule has 3 unspecified atom stereocenters. The Bertz CT molecular complexity index is 728. The van der Waals surface area contributed by atoms with Crippen LogP contribution in [0.3, 0.4) is 0 Å². The highest BCUT2D eigenvalue weighted by Gasteiger charge is 2.53. The normalized spacial score (nSPS) is 25.0. The summed E-state index contributed by atoms with van der Waals surface area (Å²) in [6.45, 7) is 3.64. The fourth-order valence-electron chi connectivity index (χ4n) is 4.02. The predicted octanol–water partition coefficient (Wildman–Crippen LogP) is 4.11. The standard InChI is InChI=1S/C21H29ClO5S/c1-3-5-9-18(24)21(27,20(25)26)15-8-6-7-13(15)12-14(17(23)4-2)19-16(22)10-11-28-19/h3,5,10-13,15,17-18,23-24,27H,4,6-9H2,1-2H3,(H,25,26)/b5-3-,14-12+/t13-,15?,17?,18+,21?/m0/s1. The third-order valence-corrected chi connectivity index (χ3v) is 6.99. The van der Waals surface area contributed by atoms with Gasteiger partial charge < -0.3 is 20.4 Å². The maximum Gasteiger partial charge on any atom is 0.338 e. The fourth-order valence-corrected chi connectivity index (χ4v) is 5.26. The maximum atomic E-state index is 12.0. The fraction of sp³-hybridized carbons (Fsp3) is 0.571. The van der Waals surface area contributed by atoms with Gasteiger partial charge in [-0.25, -0.2) is 4.79 Å². The van der Waals surface area contributed by atoms with Crippen molar-refractivity contribution in [3.63, 3.8) is 0 Å². The zero-order valence-electron chi connectivity index (χ0n) is 16.2. The lowest BCUT2D eigenvalue weighted by Crippen LogP contribution is -2.56. The van der Waals surface area contributed by atoms with Crippen molar-refractivity contribution in [2.75, 3.05) is 0 Å². The Hall–Kier alpha value is -1.18. The van der Waals surface area contributed by atoms with E-state index < -0.39 is 29.7 Å². The minimum atomic E-state index is -2.25. The minimum Gasteiger partial charge on any atom is -0.479 e. The van der Waals surface area contributed by atoms with Crippen LogP contribution in [0.2, 0.25) is 5.02 Å². The maximum absolute atomic E-state index is 12.0. The molecule has 7 heteroatoms. The van der Waals surface area contributed by atoms with E-state index in [2.05, 4.69) is 0 Å². The Balaban J connectivity index is 2.44. The first-order chi connectivity index (χ1) is 13.3. The molecule has 1 heterocycles. The first-order valence-corrected chi connectivity index (χ1v) is 10.9. The summed E-state index contributed by atoms with van der Waals surface area (Å²) in [5.41, 5.74) is -1.59. The third kappa shape index (κ3) is 4.69. The van der Waals surface area contributed by atoms with Crippen molar-refractivity contribution in [3.05, 3.63) is 39.6 Å². The van der Waals surface area contributed by atoms with Gasteiger partial charge in [0.1, 0.15) is 0 Å². The van der Waals surface area contributed by atoms with Crippen molar-refractivity contribution in [3.8, 4) is 0 Å². The van der Waals surface area contributed by atoms with Gasteiger partial charge in [0, 0.05) is 5.92 Å². The summed E-state index contributed by atoms with van der Waals surface area (Å²) < 4.78 is 0. The molecule has 0 amide bonds. The number of hydrogen-bond donors (Lipinski definition) is 4. The number of aliphatic carboxylic acids is 1. The molecule has 1 aromatic rings. The molecule has 1 fully saturated rings. The van der Waals surface area contributed by atoms with Gasteiger partial charge in [-0.1, -0.05) is 43.2 Å². The Morgan fingerprint density at radius 1 is 1.43 bits per heavy atom. The molecule has 156 valence electrons. The second kappa shape index (κ2) is 10.0. The number of rotatable bonds is 9. The molecule has 1 aromatic heterocycles. The lowest BCUT2D eigenvalue weighted by molar-refractivity contribution is -0.183. The first-order valence-electron chi connectivity index (χ1n) is 9.65. The number of carboxylic acid groups (broad SMARTS) is 1. The average Bonchev–Trinajstić information content (AvgIpc) is 3.31. The van der Waals surface area contributed by atoms with Crippen LogP contribution in [-0.4, -0.2) is 44.2 Å². The number of aliphatic hydroxyl groups is 3. The summed E-state index contributed by atoms with van der Waals surface area (Å²) in [4.78, 5) is 12.8. The Morgan fingerprint density at radius 2 is 2.14 bits per heavy atom. The highest BCUT2D eigenvalue weighted by Crippen LogP contribution is 2.45. The smallest absolute Gasteiger partial charge is 0.338 e. The zero-order chi connectivity index (χ0) is 20.9. The van der Waals surface area contributed by atoms with E-state index in [-0.39, 0.29) is 12.3 Å². The largest absolute Gasteiger partial charge is 0.479 e. The van der Waals surface area contributed by atoms with Gasteiger partial charge in [-0.3, -0.25) is 0 Å². The molecule has 0 saturated heterocycles. The summed E-state index contributed by atoms with van der Waals surface area (Å²) in [5, 5.41) is 44.2. The quantitative estimate of drug-likeness (QED) is 0.443. The van der Waals surface area contributed by atoms with Gasteiger partial charge in [0.05, 0.1) is 22.1 Å². The molecule has 28 heavy (non-hydrogen) atoms. The molecule has 1 aliphatic rings. The van der Waals surface area contributed by atoms with Crippen molar-refractivity contribution in [2.45, 2.75) is 63.8 Å². The summed E-state index contributed by atoms with van der Waals surface area (Å²) in [6, 6.07) is 1.76. The van der Waals surface area contributed by atoms with Crippen LogP contribution in [0, 0.1) is 11.8 Å². The van der Waals surface area contributed by atoms with E-state index in [0.29, 0.717) is 29.9 Å². The highest BCUT2D eigenvalue weighted by molar-refractivity contribution is 7.11. The van der Waals surface area contributed by atoms with Crippen LogP contribution in [0.25, 0.3) is 5.57 Å². The molecule has 0 aliphatic heterocycles. The summed E-state index contributed by atoms with van der Waals surface area (Å²) in [7, 11) is 0. The molecule has 0 radical (unpaired) electrons. The zero-order valence-corrected chi connectivity index (χ0v) is 17.8. The Kier molecular flexibility index (Phi) is 8.28. The van der Waals surface area contributed by atoms with Gasteiger partial charge in [0.25, 0.3) is 0 Å². The number of halogens is 1. The van der Waals surface area contributed by atoms with Crippen LogP contribution in [0.1, 0.15) is 50.8 Å². The molecule has 0 spiro atoms. The van der Waals surface area contributed by atoms with E-state index in [0.717, 1.165) is 11.3 Å². The van der Waals surface area contributed by atoms with Crippen molar-refractivity contribution in [2.24, 2.45) is 11.8 Å². The molecule has 1 aliphatic carbocycles. The van der Waals surface area contributed by atoms with E-state index >= 15 is 0 Å². The Morgan fingerprint density at radius 3 is 2.68 bits per heavy atom. The number of thiophene rings is 1. The third-order valence-electron chi connectivity index (χ3n) is 5.60.